The summed E-state index contributed by atoms with van der Waals surface area (Å²) in [6.07, 6.45) is -4.58. The summed E-state index contributed by atoms with van der Waals surface area (Å²) in [6.45, 7) is 8.82. The van der Waals surface area contributed by atoms with E-state index in [9.17, 15) is 13.2 Å². The Morgan fingerprint density at radius 3 is 2.08 bits per heavy atom. The van der Waals surface area contributed by atoms with Gasteiger partial charge in [-0.2, -0.15) is 13.2 Å². The highest BCUT2D eigenvalue weighted by Gasteiger charge is 2.33. The third-order valence-electron chi connectivity index (χ3n) is 9.18. The van der Waals surface area contributed by atoms with Gasteiger partial charge >= 0.3 is 6.18 Å². The van der Waals surface area contributed by atoms with Gasteiger partial charge in [-0.25, -0.2) is 9.97 Å². The lowest BCUT2D eigenvalue weighted by molar-refractivity contribution is -0.141. The van der Waals surface area contributed by atoms with Crippen molar-refractivity contribution in [2.24, 2.45) is 0 Å². The molecule has 0 fully saturated rings. The summed E-state index contributed by atoms with van der Waals surface area (Å²) in [5.41, 5.74) is 7.51. The fourth-order valence-electron chi connectivity index (χ4n) is 6.80. The van der Waals surface area contributed by atoms with E-state index in [1.165, 1.54) is 28.0 Å². The van der Waals surface area contributed by atoms with Gasteiger partial charge in [-0.3, -0.25) is 4.57 Å². The summed E-state index contributed by atoms with van der Waals surface area (Å²) in [7, 11) is 0. The van der Waals surface area contributed by atoms with Crippen LogP contribution >= 0.6 is 0 Å². The molecule has 48 heavy (non-hydrogen) atoms. The Hall–Kier alpha value is -5.43. The van der Waals surface area contributed by atoms with Crippen LogP contribution in [0.4, 0.5) is 13.2 Å². The van der Waals surface area contributed by atoms with E-state index in [1.54, 1.807) is 0 Å². The zero-order chi connectivity index (χ0) is 33.3. The van der Waals surface area contributed by atoms with E-state index in [1.807, 2.05) is 36.4 Å². The molecule has 5 aromatic carbocycles. The predicted octanol–water partition coefficient (Wildman–Crippen LogP) is 12.1. The van der Waals surface area contributed by atoms with E-state index in [-0.39, 0.29) is 17.5 Å². The van der Waals surface area contributed by atoms with E-state index < -0.39 is 11.9 Å². The number of furan rings is 1. The second-order valence-electron chi connectivity index (χ2n) is 13.0. The number of rotatable bonds is 5. The van der Waals surface area contributed by atoms with Crippen molar-refractivity contribution in [2.45, 2.75) is 45.7 Å². The molecule has 8 aromatic rings. The van der Waals surface area contributed by atoms with Crippen molar-refractivity contribution in [3.8, 4) is 28.2 Å². The first-order valence-electron chi connectivity index (χ1n) is 16.1. The summed E-state index contributed by atoms with van der Waals surface area (Å²) >= 11 is 0. The van der Waals surface area contributed by atoms with Crippen LogP contribution in [-0.4, -0.2) is 14.5 Å². The quantitative estimate of drug-likeness (QED) is 0.188. The maximum absolute atomic E-state index is 13.6. The van der Waals surface area contributed by atoms with Crippen LogP contribution in [-0.2, 0) is 6.18 Å². The van der Waals surface area contributed by atoms with Gasteiger partial charge in [-0.1, -0.05) is 88.4 Å². The number of alkyl halides is 3. The molecule has 0 aliphatic carbocycles. The maximum Gasteiger partial charge on any atom is 0.433 e. The largest absolute Gasteiger partial charge is 0.437 e. The molecule has 8 rings (SSSR count). The van der Waals surface area contributed by atoms with Crippen LogP contribution < -0.4 is 0 Å². The van der Waals surface area contributed by atoms with Crippen molar-refractivity contribution < 1.29 is 17.6 Å². The Morgan fingerprint density at radius 2 is 1.35 bits per heavy atom. The molecule has 0 aliphatic heterocycles. The maximum atomic E-state index is 13.6. The standard InChI is InChI=1S/C41H32F3N3O/c1-23(2)32-21-28(27-17-16-25-10-5-6-11-26(25)20-27)22-33(24(3)4)37(32)47-35-15-8-7-14-34(35)45-39(47)31-13-9-12-29-30-18-19-36(41(42,43)44)46-40(30)48-38(29)31/h5-24H,1-4H3. The van der Waals surface area contributed by atoms with Crippen LogP contribution in [0.2, 0.25) is 0 Å². The number of hydrogen-bond donors (Lipinski definition) is 0. The fraction of sp³-hybridized carbons (Fsp3) is 0.171. The lowest BCUT2D eigenvalue weighted by atomic mass is 9.87. The molecule has 0 aliphatic rings. The van der Waals surface area contributed by atoms with E-state index in [0.29, 0.717) is 27.7 Å². The van der Waals surface area contributed by atoms with E-state index >= 15 is 0 Å². The molecule has 0 saturated heterocycles. The molecule has 0 saturated carbocycles. The van der Waals surface area contributed by atoms with Crippen LogP contribution in [0.15, 0.2) is 114 Å². The Bertz CT molecular complexity index is 2490. The monoisotopic (exact) mass is 639 g/mol. The second kappa shape index (κ2) is 11.1. The molecule has 0 amide bonds. The molecule has 238 valence electrons. The minimum Gasteiger partial charge on any atom is -0.437 e. The van der Waals surface area contributed by atoms with Crippen LogP contribution in [0.3, 0.4) is 0 Å². The topological polar surface area (TPSA) is 43.9 Å². The Balaban J connectivity index is 1.42. The van der Waals surface area contributed by atoms with Gasteiger partial charge in [0.2, 0.25) is 5.71 Å². The van der Waals surface area contributed by atoms with Gasteiger partial charge in [0.1, 0.15) is 17.1 Å². The van der Waals surface area contributed by atoms with E-state index in [0.717, 1.165) is 33.9 Å². The molecular weight excluding hydrogens is 607 g/mol. The van der Waals surface area contributed by atoms with Gasteiger partial charge in [-0.05, 0) is 93.4 Å². The first-order chi connectivity index (χ1) is 23.1. The van der Waals surface area contributed by atoms with Crippen molar-refractivity contribution in [3.05, 3.63) is 126 Å². The van der Waals surface area contributed by atoms with Crippen LogP contribution in [0.25, 0.3) is 72.1 Å². The predicted molar refractivity (Wildman–Crippen MR) is 188 cm³/mol. The van der Waals surface area contributed by atoms with Crippen molar-refractivity contribution >= 4 is 43.9 Å². The van der Waals surface area contributed by atoms with E-state index in [2.05, 4.69) is 97.9 Å². The minimum atomic E-state index is -4.58. The van der Waals surface area contributed by atoms with Crippen molar-refractivity contribution in [1.29, 1.82) is 0 Å². The lowest BCUT2D eigenvalue weighted by Crippen LogP contribution is -2.09. The normalized spacial score (nSPS) is 12.4. The summed E-state index contributed by atoms with van der Waals surface area (Å²) in [5, 5.41) is 3.59. The zero-order valence-electron chi connectivity index (χ0n) is 26.9. The minimum absolute atomic E-state index is 0.0552. The summed E-state index contributed by atoms with van der Waals surface area (Å²) < 4.78 is 49.1. The number of halogens is 3. The number of nitrogens with zero attached hydrogens (tertiary/aromatic N) is 3. The third-order valence-corrected chi connectivity index (χ3v) is 9.18. The van der Waals surface area contributed by atoms with Gasteiger partial charge < -0.3 is 4.42 Å². The molecule has 3 heterocycles. The Labute approximate surface area is 275 Å². The highest BCUT2D eigenvalue weighted by molar-refractivity contribution is 6.08. The highest BCUT2D eigenvalue weighted by atomic mass is 19.4. The smallest absolute Gasteiger partial charge is 0.433 e. The van der Waals surface area contributed by atoms with Gasteiger partial charge in [0.05, 0.1) is 22.3 Å². The number of aromatic nitrogens is 3. The summed E-state index contributed by atoms with van der Waals surface area (Å²) in [5.74, 6) is 0.983. The molecule has 0 radical (unpaired) electrons. The van der Waals surface area contributed by atoms with Crippen molar-refractivity contribution in [2.75, 3.05) is 0 Å². The highest BCUT2D eigenvalue weighted by Crippen LogP contribution is 2.43. The third kappa shape index (κ3) is 4.84. The molecule has 0 spiro atoms. The molecule has 3 aromatic heterocycles. The number of imidazole rings is 1. The van der Waals surface area contributed by atoms with Crippen LogP contribution in [0, 0.1) is 0 Å². The lowest BCUT2D eigenvalue weighted by Gasteiger charge is -2.24. The van der Waals surface area contributed by atoms with Crippen molar-refractivity contribution in [3.63, 3.8) is 0 Å². The molecule has 0 unspecified atom stereocenters. The zero-order valence-corrected chi connectivity index (χ0v) is 26.9. The second-order valence-corrected chi connectivity index (χ2v) is 13.0. The molecule has 0 bridgehead atoms. The van der Waals surface area contributed by atoms with Gasteiger partial charge in [0.15, 0.2) is 0 Å². The number of hydrogen-bond acceptors (Lipinski definition) is 3. The molecule has 0 atom stereocenters. The summed E-state index contributed by atoms with van der Waals surface area (Å²) in [4.78, 5) is 9.01. The Kier molecular flexibility index (Phi) is 6.91. The number of pyridine rings is 1. The first kappa shape index (κ1) is 29.9. The van der Waals surface area contributed by atoms with Crippen molar-refractivity contribution in [1.82, 2.24) is 14.5 Å². The molecule has 0 N–H and O–H groups in total. The average Bonchev–Trinajstić information content (AvgIpc) is 3.65. The summed E-state index contributed by atoms with van der Waals surface area (Å²) in [6, 6.07) is 35.7. The van der Waals surface area contributed by atoms with Crippen LogP contribution in [0.1, 0.15) is 56.4 Å². The number of benzene rings is 5. The molecule has 4 nitrogen and oxygen atoms in total. The van der Waals surface area contributed by atoms with Gasteiger partial charge in [0, 0.05) is 10.8 Å². The van der Waals surface area contributed by atoms with E-state index in [4.69, 9.17) is 9.40 Å². The van der Waals surface area contributed by atoms with Crippen LogP contribution in [0.5, 0.6) is 0 Å². The number of para-hydroxylation sites is 3. The van der Waals surface area contributed by atoms with Gasteiger partial charge in [-0.15, -0.1) is 0 Å². The first-order valence-corrected chi connectivity index (χ1v) is 16.1. The molecule has 7 heteroatoms. The molecular formula is C41H32F3N3O. The average molecular weight is 640 g/mol. The van der Waals surface area contributed by atoms with Gasteiger partial charge in [0.25, 0.3) is 0 Å². The number of fused-ring (bicyclic) bond motifs is 5. The fourth-order valence-corrected chi connectivity index (χ4v) is 6.80. The SMILES string of the molecule is CC(C)c1cc(-c2ccc3ccccc3c2)cc(C(C)C)c1-n1c(-c2cccc3c2oc2nc(C(F)(F)F)ccc23)nc2ccccc21. The Morgan fingerprint density at radius 1 is 0.646 bits per heavy atom.